The van der Waals surface area contributed by atoms with E-state index in [4.69, 9.17) is 0 Å². The summed E-state index contributed by atoms with van der Waals surface area (Å²) in [4.78, 5) is 15.0. The normalized spacial score (nSPS) is 14.5. The Balaban J connectivity index is 2.29. The first-order valence-electron chi connectivity index (χ1n) is 4.86. The summed E-state index contributed by atoms with van der Waals surface area (Å²) in [7, 11) is 1.13. The van der Waals surface area contributed by atoms with E-state index in [9.17, 15) is 15.0 Å². The van der Waals surface area contributed by atoms with E-state index in [1.807, 2.05) is 0 Å². The lowest BCUT2D eigenvalue weighted by molar-refractivity contribution is -0.157. The maximum Gasteiger partial charge on any atom is 0.337 e. The van der Waals surface area contributed by atoms with Gasteiger partial charge in [-0.05, 0) is 6.07 Å². The third-order valence-electron chi connectivity index (χ3n) is 2.39. The van der Waals surface area contributed by atoms with Crippen molar-refractivity contribution in [2.24, 2.45) is 0 Å². The van der Waals surface area contributed by atoms with Gasteiger partial charge in [-0.2, -0.15) is 5.10 Å². The Hall–Kier alpha value is -1.99. The lowest BCUT2D eigenvalue weighted by Gasteiger charge is -2.14. The molecule has 0 spiro atoms. The molecule has 0 aliphatic carbocycles. The molecule has 7 heteroatoms. The molecule has 0 bridgehead atoms. The molecule has 2 aromatic rings. The van der Waals surface area contributed by atoms with Crippen molar-refractivity contribution in [3.05, 3.63) is 24.2 Å². The second kappa shape index (κ2) is 4.48. The van der Waals surface area contributed by atoms with Crippen LogP contribution >= 0.6 is 0 Å². The topological polar surface area (TPSA) is 108 Å². The third-order valence-corrected chi connectivity index (χ3v) is 2.39. The van der Waals surface area contributed by atoms with Crippen LogP contribution < -0.4 is 0 Å². The average molecular weight is 237 g/mol. The smallest absolute Gasteiger partial charge is 0.337 e. The van der Waals surface area contributed by atoms with Crippen LogP contribution in [0.3, 0.4) is 0 Å². The molecule has 0 amide bonds. The standard InChI is InChI=1S/C10H11N3O4/c1-17-10(16)9(15)8(14)6-2-5-3-12-13-7(5)4-11-6/h2-4,8-9,14-15H,1H3,(H,12,13). The van der Waals surface area contributed by atoms with Crippen LogP contribution in [0.25, 0.3) is 10.9 Å². The number of fused-ring (bicyclic) bond motifs is 1. The molecule has 7 nitrogen and oxygen atoms in total. The lowest BCUT2D eigenvalue weighted by Crippen LogP contribution is -2.29. The molecule has 0 aliphatic rings. The fourth-order valence-electron chi connectivity index (χ4n) is 1.43. The van der Waals surface area contributed by atoms with E-state index in [-0.39, 0.29) is 5.69 Å². The first-order chi connectivity index (χ1) is 8.13. The van der Waals surface area contributed by atoms with Crippen LogP contribution in [-0.4, -0.2) is 44.6 Å². The molecule has 90 valence electrons. The van der Waals surface area contributed by atoms with E-state index >= 15 is 0 Å². The molecule has 2 heterocycles. The highest BCUT2D eigenvalue weighted by Crippen LogP contribution is 2.19. The first kappa shape index (κ1) is 11.5. The highest BCUT2D eigenvalue weighted by Gasteiger charge is 2.27. The quantitative estimate of drug-likeness (QED) is 0.622. The molecule has 17 heavy (non-hydrogen) atoms. The third kappa shape index (κ3) is 2.10. The lowest BCUT2D eigenvalue weighted by atomic mass is 10.1. The molecule has 0 saturated heterocycles. The van der Waals surface area contributed by atoms with Gasteiger partial charge in [0.2, 0.25) is 0 Å². The Bertz CT molecular complexity index is 539. The van der Waals surface area contributed by atoms with Gasteiger partial charge in [0.05, 0.1) is 30.7 Å². The van der Waals surface area contributed by atoms with E-state index in [1.54, 1.807) is 6.20 Å². The van der Waals surface area contributed by atoms with Crippen LogP contribution in [0.15, 0.2) is 18.5 Å². The van der Waals surface area contributed by atoms with Crippen LogP contribution in [0.2, 0.25) is 0 Å². The monoisotopic (exact) mass is 237 g/mol. The summed E-state index contributed by atoms with van der Waals surface area (Å²) in [5.41, 5.74) is 0.880. The van der Waals surface area contributed by atoms with Crippen molar-refractivity contribution >= 4 is 16.9 Å². The summed E-state index contributed by atoms with van der Waals surface area (Å²) >= 11 is 0. The summed E-state index contributed by atoms with van der Waals surface area (Å²) in [5, 5.41) is 26.4. The number of pyridine rings is 1. The minimum Gasteiger partial charge on any atom is -0.467 e. The van der Waals surface area contributed by atoms with Gasteiger partial charge in [-0.1, -0.05) is 0 Å². The van der Waals surface area contributed by atoms with Gasteiger partial charge >= 0.3 is 5.97 Å². The Morgan fingerprint density at radius 1 is 1.47 bits per heavy atom. The Morgan fingerprint density at radius 2 is 2.24 bits per heavy atom. The molecule has 0 aromatic carbocycles. The number of hydrogen-bond donors (Lipinski definition) is 3. The van der Waals surface area contributed by atoms with Gasteiger partial charge < -0.3 is 14.9 Å². The number of aromatic nitrogens is 3. The molecular weight excluding hydrogens is 226 g/mol. The SMILES string of the molecule is COC(=O)C(O)C(O)c1cc2cn[nH]c2cn1. The van der Waals surface area contributed by atoms with Crippen molar-refractivity contribution < 1.29 is 19.7 Å². The summed E-state index contributed by atoms with van der Waals surface area (Å²) in [5.74, 6) is -0.911. The molecule has 0 radical (unpaired) electrons. The molecule has 2 atom stereocenters. The zero-order chi connectivity index (χ0) is 12.4. The molecule has 3 N–H and O–H groups in total. The largest absolute Gasteiger partial charge is 0.467 e. The van der Waals surface area contributed by atoms with Crippen LogP contribution in [0.5, 0.6) is 0 Å². The van der Waals surface area contributed by atoms with Crippen molar-refractivity contribution in [2.75, 3.05) is 7.11 Å². The predicted octanol–water partition coefficient (Wildman–Crippen LogP) is -0.475. The molecule has 0 saturated carbocycles. The number of carbonyl (C=O) groups excluding carboxylic acids is 1. The molecular formula is C10H11N3O4. The number of esters is 1. The van der Waals surface area contributed by atoms with E-state index in [0.717, 1.165) is 12.5 Å². The van der Waals surface area contributed by atoms with Crippen molar-refractivity contribution in [3.63, 3.8) is 0 Å². The fourth-order valence-corrected chi connectivity index (χ4v) is 1.43. The summed E-state index contributed by atoms with van der Waals surface area (Å²) in [6.45, 7) is 0. The number of rotatable bonds is 3. The number of aromatic amines is 1. The number of hydrogen-bond acceptors (Lipinski definition) is 6. The average Bonchev–Trinajstić information content (AvgIpc) is 2.83. The van der Waals surface area contributed by atoms with Crippen LogP contribution in [-0.2, 0) is 9.53 Å². The molecule has 2 unspecified atom stereocenters. The van der Waals surface area contributed by atoms with Crippen LogP contribution in [0, 0.1) is 0 Å². The number of nitrogens with one attached hydrogen (secondary N) is 1. The summed E-state index contributed by atoms with van der Waals surface area (Å²) in [6, 6.07) is 1.54. The van der Waals surface area contributed by atoms with Gasteiger partial charge in [0.25, 0.3) is 0 Å². The van der Waals surface area contributed by atoms with Crippen LogP contribution in [0.4, 0.5) is 0 Å². The second-order valence-corrected chi connectivity index (χ2v) is 3.48. The number of H-pyrrole nitrogens is 1. The van der Waals surface area contributed by atoms with Crippen molar-refractivity contribution in [1.29, 1.82) is 0 Å². The zero-order valence-corrected chi connectivity index (χ0v) is 8.99. The number of aliphatic hydroxyl groups excluding tert-OH is 2. The molecule has 0 aliphatic heterocycles. The predicted molar refractivity (Wildman–Crippen MR) is 56.9 cm³/mol. The maximum atomic E-state index is 11.1. The number of nitrogens with zero attached hydrogens (tertiary/aromatic N) is 2. The Labute approximate surface area is 96.1 Å². The van der Waals surface area contributed by atoms with E-state index in [2.05, 4.69) is 19.9 Å². The van der Waals surface area contributed by atoms with Crippen LogP contribution in [0.1, 0.15) is 11.8 Å². The summed E-state index contributed by atoms with van der Waals surface area (Å²) in [6.07, 6.45) is -0.0681. The van der Waals surface area contributed by atoms with Gasteiger partial charge in [-0.25, -0.2) is 4.79 Å². The number of methoxy groups -OCH3 is 1. The maximum absolute atomic E-state index is 11.1. The first-order valence-corrected chi connectivity index (χ1v) is 4.86. The summed E-state index contributed by atoms with van der Waals surface area (Å²) < 4.78 is 4.33. The van der Waals surface area contributed by atoms with E-state index in [1.165, 1.54) is 12.3 Å². The number of aliphatic hydroxyl groups is 2. The fraction of sp³-hybridized carbons (Fsp3) is 0.300. The highest BCUT2D eigenvalue weighted by atomic mass is 16.5. The minimum atomic E-state index is -1.66. The van der Waals surface area contributed by atoms with Gasteiger partial charge in [-0.3, -0.25) is 10.1 Å². The molecule has 0 fully saturated rings. The van der Waals surface area contributed by atoms with Gasteiger partial charge in [0.1, 0.15) is 6.10 Å². The Morgan fingerprint density at radius 3 is 2.94 bits per heavy atom. The number of carbonyl (C=O) groups is 1. The van der Waals surface area contributed by atoms with E-state index in [0.29, 0.717) is 5.52 Å². The van der Waals surface area contributed by atoms with Gasteiger partial charge in [-0.15, -0.1) is 0 Å². The zero-order valence-electron chi connectivity index (χ0n) is 8.99. The van der Waals surface area contributed by atoms with E-state index < -0.39 is 18.2 Å². The molecule has 2 aromatic heterocycles. The highest BCUT2D eigenvalue weighted by molar-refractivity contribution is 5.78. The molecule has 2 rings (SSSR count). The Kier molecular flexibility index (Phi) is 3.03. The van der Waals surface area contributed by atoms with Gasteiger partial charge in [0.15, 0.2) is 6.10 Å². The minimum absolute atomic E-state index is 0.178. The second-order valence-electron chi connectivity index (χ2n) is 3.48. The van der Waals surface area contributed by atoms with Crippen molar-refractivity contribution in [3.8, 4) is 0 Å². The van der Waals surface area contributed by atoms with Gasteiger partial charge in [0, 0.05) is 5.39 Å². The van der Waals surface area contributed by atoms with Crippen molar-refractivity contribution in [1.82, 2.24) is 15.2 Å². The van der Waals surface area contributed by atoms with Crippen molar-refractivity contribution in [2.45, 2.75) is 12.2 Å². The number of ether oxygens (including phenoxy) is 1.